The second kappa shape index (κ2) is 4.75. The molecule has 0 fully saturated rings. The number of halogens is 2. The molecule has 4 heteroatoms. The van der Waals surface area contributed by atoms with Crippen molar-refractivity contribution < 1.29 is 13.6 Å². The Morgan fingerprint density at radius 1 is 1.24 bits per heavy atom. The van der Waals surface area contributed by atoms with Gasteiger partial charge in [0.25, 0.3) is 0 Å². The largest absolute Gasteiger partial charge is 0.288 e. The minimum absolute atomic E-state index is 0.213. The highest BCUT2D eigenvalue weighted by Crippen LogP contribution is 2.22. The van der Waals surface area contributed by atoms with Crippen molar-refractivity contribution in [1.29, 1.82) is 0 Å². The average molecular weight is 252 g/mol. The van der Waals surface area contributed by atoms with E-state index in [9.17, 15) is 13.6 Å². The zero-order chi connectivity index (χ0) is 12.4. The van der Waals surface area contributed by atoms with E-state index in [1.807, 2.05) is 13.0 Å². The van der Waals surface area contributed by atoms with Crippen LogP contribution in [0.5, 0.6) is 0 Å². The topological polar surface area (TPSA) is 17.1 Å². The second-order valence-electron chi connectivity index (χ2n) is 3.55. The van der Waals surface area contributed by atoms with E-state index in [1.54, 1.807) is 6.07 Å². The summed E-state index contributed by atoms with van der Waals surface area (Å²) in [5.74, 6) is -2.54. The zero-order valence-electron chi connectivity index (χ0n) is 9.17. The summed E-state index contributed by atoms with van der Waals surface area (Å²) < 4.78 is 26.4. The van der Waals surface area contributed by atoms with Crippen LogP contribution in [-0.4, -0.2) is 5.78 Å². The van der Waals surface area contributed by atoms with Crippen molar-refractivity contribution in [2.24, 2.45) is 0 Å². The van der Waals surface area contributed by atoms with E-state index in [1.165, 1.54) is 23.5 Å². The monoisotopic (exact) mass is 252 g/mol. The van der Waals surface area contributed by atoms with Gasteiger partial charge in [0.05, 0.1) is 10.4 Å². The molecule has 0 aliphatic heterocycles. The van der Waals surface area contributed by atoms with Crippen LogP contribution >= 0.6 is 11.3 Å². The molecule has 0 N–H and O–H groups in total. The molecule has 1 aromatic heterocycles. The Balaban J connectivity index is 2.40. The summed E-state index contributed by atoms with van der Waals surface area (Å²) in [6, 6.07) is 7.11. The third kappa shape index (κ3) is 2.26. The first-order chi connectivity index (χ1) is 8.13. The highest BCUT2D eigenvalue weighted by molar-refractivity contribution is 7.14. The number of rotatable bonds is 3. The Labute approximate surface area is 102 Å². The van der Waals surface area contributed by atoms with Gasteiger partial charge in [0.1, 0.15) is 0 Å². The fraction of sp³-hybridized carbons (Fsp3) is 0.154. The number of thiophene rings is 1. The van der Waals surface area contributed by atoms with E-state index in [0.29, 0.717) is 4.88 Å². The molecule has 0 saturated carbocycles. The number of hydrogen-bond acceptors (Lipinski definition) is 2. The van der Waals surface area contributed by atoms with E-state index < -0.39 is 17.4 Å². The molecule has 2 aromatic rings. The zero-order valence-corrected chi connectivity index (χ0v) is 9.98. The molecule has 0 unspecified atom stereocenters. The maximum Gasteiger partial charge on any atom is 0.206 e. The molecule has 0 bridgehead atoms. The van der Waals surface area contributed by atoms with Crippen molar-refractivity contribution in [2.75, 3.05) is 0 Å². The molecular weight excluding hydrogens is 242 g/mol. The Bertz CT molecular complexity index is 560. The van der Waals surface area contributed by atoms with E-state index in [-0.39, 0.29) is 5.56 Å². The molecule has 0 aliphatic rings. The number of carbonyl (C=O) groups excluding carboxylic acids is 1. The van der Waals surface area contributed by atoms with Crippen molar-refractivity contribution in [3.05, 3.63) is 57.3 Å². The Hall–Kier alpha value is -1.55. The van der Waals surface area contributed by atoms with E-state index in [2.05, 4.69) is 0 Å². The van der Waals surface area contributed by atoms with Crippen molar-refractivity contribution in [3.63, 3.8) is 0 Å². The Kier molecular flexibility index (Phi) is 3.33. The quantitative estimate of drug-likeness (QED) is 0.759. The maximum absolute atomic E-state index is 13.4. The molecule has 17 heavy (non-hydrogen) atoms. The first kappa shape index (κ1) is 11.9. The number of aryl methyl sites for hydroxylation is 1. The average Bonchev–Trinajstić information content (AvgIpc) is 2.80. The minimum Gasteiger partial charge on any atom is -0.288 e. The molecule has 0 radical (unpaired) electrons. The van der Waals surface area contributed by atoms with E-state index in [4.69, 9.17) is 0 Å². The molecule has 88 valence electrons. The van der Waals surface area contributed by atoms with Crippen LogP contribution in [0.15, 0.2) is 30.3 Å². The molecule has 0 aliphatic carbocycles. The van der Waals surface area contributed by atoms with Crippen LogP contribution in [0.2, 0.25) is 0 Å². The number of ketones is 1. The minimum atomic E-state index is -1.08. The van der Waals surface area contributed by atoms with Crippen LogP contribution < -0.4 is 0 Å². The molecular formula is C13H10F2OS. The standard InChI is InChI=1S/C13H10F2OS/c1-2-8-6-7-11(17-8)13(16)9-4-3-5-10(14)12(9)15/h3-7H,2H2,1H3. The third-order valence-corrected chi connectivity index (χ3v) is 3.66. The number of benzene rings is 1. The summed E-state index contributed by atoms with van der Waals surface area (Å²) in [6.45, 7) is 1.98. The highest BCUT2D eigenvalue weighted by Gasteiger charge is 2.18. The van der Waals surface area contributed by atoms with Gasteiger partial charge >= 0.3 is 0 Å². The van der Waals surface area contributed by atoms with Crippen LogP contribution in [0.3, 0.4) is 0 Å². The summed E-state index contributed by atoms with van der Waals surface area (Å²) in [4.78, 5) is 13.4. The fourth-order valence-electron chi connectivity index (χ4n) is 1.50. The van der Waals surface area contributed by atoms with Gasteiger partial charge in [-0.25, -0.2) is 8.78 Å². The fourth-order valence-corrected chi connectivity index (χ4v) is 2.40. The molecule has 0 amide bonds. The van der Waals surface area contributed by atoms with Crippen LogP contribution in [0, 0.1) is 11.6 Å². The lowest BCUT2D eigenvalue weighted by atomic mass is 10.1. The molecule has 2 rings (SSSR count). The SMILES string of the molecule is CCc1ccc(C(=O)c2cccc(F)c2F)s1. The summed E-state index contributed by atoms with van der Waals surface area (Å²) in [7, 11) is 0. The van der Waals surface area contributed by atoms with E-state index in [0.717, 1.165) is 17.4 Å². The highest BCUT2D eigenvalue weighted by atomic mass is 32.1. The van der Waals surface area contributed by atoms with E-state index >= 15 is 0 Å². The molecule has 1 aromatic carbocycles. The van der Waals surface area contributed by atoms with Crippen LogP contribution in [0.25, 0.3) is 0 Å². The lowest BCUT2D eigenvalue weighted by Gasteiger charge is -2.00. The Morgan fingerprint density at radius 3 is 2.65 bits per heavy atom. The van der Waals surface area contributed by atoms with Crippen molar-refractivity contribution in [2.45, 2.75) is 13.3 Å². The maximum atomic E-state index is 13.4. The predicted octanol–water partition coefficient (Wildman–Crippen LogP) is 3.82. The second-order valence-corrected chi connectivity index (χ2v) is 4.72. The van der Waals surface area contributed by atoms with Gasteiger partial charge < -0.3 is 0 Å². The van der Waals surface area contributed by atoms with Crippen LogP contribution in [0.4, 0.5) is 8.78 Å². The molecule has 1 nitrogen and oxygen atoms in total. The van der Waals surface area contributed by atoms with Gasteiger partial charge in [0.2, 0.25) is 5.78 Å². The summed E-state index contributed by atoms with van der Waals surface area (Å²) in [5, 5.41) is 0. The van der Waals surface area contributed by atoms with Crippen molar-refractivity contribution in [1.82, 2.24) is 0 Å². The van der Waals surface area contributed by atoms with Gasteiger partial charge in [0.15, 0.2) is 11.6 Å². The first-order valence-electron chi connectivity index (χ1n) is 5.21. The van der Waals surface area contributed by atoms with Crippen LogP contribution in [-0.2, 0) is 6.42 Å². The number of carbonyl (C=O) groups is 1. The summed E-state index contributed by atoms with van der Waals surface area (Å²) in [6.07, 6.45) is 0.823. The van der Waals surface area contributed by atoms with Crippen LogP contribution in [0.1, 0.15) is 27.0 Å². The van der Waals surface area contributed by atoms with Gasteiger partial charge in [-0.2, -0.15) is 0 Å². The molecule has 0 spiro atoms. The van der Waals surface area contributed by atoms with Gasteiger partial charge in [0, 0.05) is 4.88 Å². The smallest absolute Gasteiger partial charge is 0.206 e. The Morgan fingerprint density at radius 2 is 2.00 bits per heavy atom. The lowest BCUT2D eigenvalue weighted by molar-refractivity contribution is 0.103. The van der Waals surface area contributed by atoms with Gasteiger partial charge in [-0.15, -0.1) is 11.3 Å². The summed E-state index contributed by atoms with van der Waals surface area (Å²) >= 11 is 1.31. The lowest BCUT2D eigenvalue weighted by Crippen LogP contribution is -2.03. The van der Waals surface area contributed by atoms with Gasteiger partial charge in [-0.05, 0) is 30.7 Å². The number of hydrogen-bond donors (Lipinski definition) is 0. The molecule has 0 saturated heterocycles. The van der Waals surface area contributed by atoms with Crippen molar-refractivity contribution >= 4 is 17.1 Å². The normalized spacial score (nSPS) is 10.5. The van der Waals surface area contributed by atoms with Crippen molar-refractivity contribution in [3.8, 4) is 0 Å². The summed E-state index contributed by atoms with van der Waals surface area (Å²) in [5.41, 5.74) is -0.213. The molecule has 0 atom stereocenters. The predicted molar refractivity (Wildman–Crippen MR) is 63.5 cm³/mol. The first-order valence-corrected chi connectivity index (χ1v) is 6.02. The van der Waals surface area contributed by atoms with Gasteiger partial charge in [-0.1, -0.05) is 13.0 Å². The third-order valence-electron chi connectivity index (χ3n) is 2.43. The molecule has 1 heterocycles. The van der Waals surface area contributed by atoms with Gasteiger partial charge in [-0.3, -0.25) is 4.79 Å².